The fraction of sp³-hybridized carbons (Fsp3) is 0.200. The van der Waals surface area contributed by atoms with Gasteiger partial charge in [-0.2, -0.15) is 33.4 Å². The Labute approximate surface area is 186 Å². The molecule has 0 N–H and O–H groups in total. The number of aryl methyl sites for hydroxylation is 2. The largest absolute Gasteiger partial charge is 4.00 e. The summed E-state index contributed by atoms with van der Waals surface area (Å²) in [6.45, 7) is 8.68. The van der Waals surface area contributed by atoms with E-state index in [1.807, 2.05) is 12.1 Å². The molecule has 3 nitrogen and oxygen atoms in total. The molecule has 4 rings (SSSR count). The first-order valence-corrected chi connectivity index (χ1v) is 7.77. The molecule has 0 aliphatic rings. The Morgan fingerprint density at radius 1 is 1.08 bits per heavy atom. The second-order valence-electron chi connectivity index (χ2n) is 5.94. The van der Waals surface area contributed by atoms with E-state index in [9.17, 15) is 0 Å². The molecular formula is C20H21Cl2N3Zr. The average molecular weight is 466 g/mol. The van der Waals surface area contributed by atoms with Crippen LogP contribution in [0, 0.1) is 27.7 Å². The van der Waals surface area contributed by atoms with Crippen LogP contribution in [0.15, 0.2) is 55.1 Å². The van der Waals surface area contributed by atoms with Crippen molar-refractivity contribution in [3.05, 3.63) is 77.4 Å². The van der Waals surface area contributed by atoms with Crippen LogP contribution in [0.25, 0.3) is 16.5 Å². The molecule has 4 aromatic rings. The Morgan fingerprint density at radius 3 is 2.23 bits per heavy atom. The van der Waals surface area contributed by atoms with Gasteiger partial charge in [0.1, 0.15) is 12.7 Å². The maximum atomic E-state index is 4.09. The molecule has 0 atom stereocenters. The Morgan fingerprint density at radius 2 is 1.77 bits per heavy atom. The Kier molecular flexibility index (Phi) is 10.3. The van der Waals surface area contributed by atoms with Crippen LogP contribution in [0.2, 0.25) is 0 Å². The summed E-state index contributed by atoms with van der Waals surface area (Å²) in [6.07, 6.45) is 3.24. The number of benzene rings is 1. The molecule has 0 saturated carbocycles. The summed E-state index contributed by atoms with van der Waals surface area (Å²) < 4.78 is 1.76. The van der Waals surface area contributed by atoms with Crippen LogP contribution in [-0.2, 0) is 26.2 Å². The molecule has 6 heteroatoms. The SMILES string of the molecule is Cc1c[c-](C)c(C)c1C.[Cl-].[Cl-].[Zr+4].c1ccc2[cH-]c(-n3cncn3)cc2c1. The quantitative estimate of drug-likeness (QED) is 0.330. The van der Waals surface area contributed by atoms with Gasteiger partial charge in [-0.25, -0.2) is 9.67 Å². The average Bonchev–Trinajstić information content (AvgIpc) is 3.25. The minimum absolute atomic E-state index is 0. The summed E-state index contributed by atoms with van der Waals surface area (Å²) in [4.78, 5) is 3.92. The van der Waals surface area contributed by atoms with E-state index >= 15 is 0 Å². The van der Waals surface area contributed by atoms with Gasteiger partial charge in [-0.15, -0.1) is 41.1 Å². The predicted molar refractivity (Wildman–Crippen MR) is 95.4 cm³/mol. The molecule has 3 aromatic carbocycles. The molecule has 0 amide bonds. The van der Waals surface area contributed by atoms with Crippen molar-refractivity contribution in [3.63, 3.8) is 0 Å². The monoisotopic (exact) mass is 463 g/mol. The molecule has 0 fully saturated rings. The minimum Gasteiger partial charge on any atom is -1.00 e. The summed E-state index contributed by atoms with van der Waals surface area (Å²) in [5, 5.41) is 6.56. The first kappa shape index (κ1) is 24.8. The summed E-state index contributed by atoms with van der Waals surface area (Å²) >= 11 is 0. The maximum absolute atomic E-state index is 4.09. The molecule has 0 saturated heterocycles. The summed E-state index contributed by atoms with van der Waals surface area (Å²) in [5.41, 5.74) is 6.80. The first-order chi connectivity index (χ1) is 11.1. The summed E-state index contributed by atoms with van der Waals surface area (Å²) in [5.74, 6) is 0. The van der Waals surface area contributed by atoms with Crippen LogP contribution in [0.1, 0.15) is 22.3 Å². The van der Waals surface area contributed by atoms with Crippen molar-refractivity contribution in [1.29, 1.82) is 0 Å². The van der Waals surface area contributed by atoms with Crippen molar-refractivity contribution in [2.24, 2.45) is 0 Å². The van der Waals surface area contributed by atoms with Crippen LogP contribution >= 0.6 is 0 Å². The van der Waals surface area contributed by atoms with Gasteiger partial charge >= 0.3 is 26.2 Å². The molecule has 0 aliphatic heterocycles. The molecule has 1 aromatic heterocycles. The van der Waals surface area contributed by atoms with Crippen LogP contribution in [-0.4, -0.2) is 14.8 Å². The van der Waals surface area contributed by atoms with Crippen LogP contribution in [0.4, 0.5) is 0 Å². The van der Waals surface area contributed by atoms with Crippen molar-refractivity contribution in [1.82, 2.24) is 14.8 Å². The van der Waals surface area contributed by atoms with Gasteiger partial charge < -0.3 is 24.8 Å². The zero-order chi connectivity index (χ0) is 16.4. The van der Waals surface area contributed by atoms with Gasteiger partial charge in [0, 0.05) is 0 Å². The van der Waals surface area contributed by atoms with E-state index in [0.717, 1.165) is 5.69 Å². The van der Waals surface area contributed by atoms with E-state index in [1.54, 1.807) is 11.0 Å². The van der Waals surface area contributed by atoms with Crippen molar-refractivity contribution < 1.29 is 51.0 Å². The molecule has 1 heterocycles. The van der Waals surface area contributed by atoms with Crippen LogP contribution in [0.5, 0.6) is 0 Å². The van der Waals surface area contributed by atoms with Gasteiger partial charge in [0.2, 0.25) is 0 Å². The third kappa shape index (κ3) is 5.39. The third-order valence-corrected chi connectivity index (χ3v) is 4.46. The van der Waals surface area contributed by atoms with Crippen molar-refractivity contribution in [3.8, 4) is 5.69 Å². The van der Waals surface area contributed by atoms with Gasteiger partial charge in [0.25, 0.3) is 0 Å². The fourth-order valence-electron chi connectivity index (χ4n) is 2.74. The van der Waals surface area contributed by atoms with Gasteiger partial charge in [-0.05, 0) is 5.69 Å². The second-order valence-corrected chi connectivity index (χ2v) is 5.94. The number of halogens is 2. The smallest absolute Gasteiger partial charge is 1.00 e. The topological polar surface area (TPSA) is 30.7 Å². The van der Waals surface area contributed by atoms with Gasteiger partial charge in [-0.1, -0.05) is 33.8 Å². The zero-order valence-electron chi connectivity index (χ0n) is 15.3. The van der Waals surface area contributed by atoms with Crippen molar-refractivity contribution >= 4 is 10.8 Å². The van der Waals surface area contributed by atoms with Crippen molar-refractivity contribution in [2.45, 2.75) is 27.7 Å². The summed E-state index contributed by atoms with van der Waals surface area (Å²) in [6, 6.07) is 14.7. The minimum atomic E-state index is 0. The molecular weight excluding hydrogens is 444 g/mol. The fourth-order valence-corrected chi connectivity index (χ4v) is 2.74. The van der Waals surface area contributed by atoms with Gasteiger partial charge in [-0.3, -0.25) is 0 Å². The van der Waals surface area contributed by atoms with E-state index in [2.05, 4.69) is 68.1 Å². The number of hydrogen-bond acceptors (Lipinski definition) is 2. The Bertz CT molecular complexity index is 868. The van der Waals surface area contributed by atoms with Crippen molar-refractivity contribution in [2.75, 3.05) is 0 Å². The number of rotatable bonds is 1. The van der Waals surface area contributed by atoms with E-state index < -0.39 is 0 Å². The predicted octanol–water partition coefficient (Wildman–Crippen LogP) is -1.22. The van der Waals surface area contributed by atoms with Gasteiger partial charge in [0.05, 0.1) is 0 Å². The summed E-state index contributed by atoms with van der Waals surface area (Å²) in [7, 11) is 0. The van der Waals surface area contributed by atoms with E-state index in [0.29, 0.717) is 0 Å². The maximum Gasteiger partial charge on any atom is 4.00 e. The van der Waals surface area contributed by atoms with E-state index in [4.69, 9.17) is 0 Å². The Hall–Kier alpha value is -1.22. The third-order valence-electron chi connectivity index (χ3n) is 4.46. The number of nitrogens with zero attached hydrogens (tertiary/aromatic N) is 3. The van der Waals surface area contributed by atoms with Gasteiger partial charge in [0.15, 0.2) is 0 Å². The molecule has 26 heavy (non-hydrogen) atoms. The first-order valence-electron chi connectivity index (χ1n) is 7.77. The molecule has 0 unspecified atom stereocenters. The molecule has 0 radical (unpaired) electrons. The molecule has 134 valence electrons. The standard InChI is InChI=1S/C11H8N3.C9H13.2ClH.Zr/c1-2-4-10-6-11(5-9(10)3-1)14-8-12-7-13-14;1-6-5-7(2)9(4)8(6)3;;;/h1-8H;5H,1-4H3;2*1H;/q2*-1;;;+4/p-2. The zero-order valence-corrected chi connectivity index (χ0v) is 19.3. The molecule has 0 spiro atoms. The second kappa shape index (κ2) is 10.8. The molecule has 0 aliphatic carbocycles. The molecule has 0 bridgehead atoms. The van der Waals surface area contributed by atoms with E-state index in [-0.39, 0.29) is 51.0 Å². The van der Waals surface area contributed by atoms with E-state index in [1.165, 1.54) is 39.4 Å². The Balaban J connectivity index is 0.000000466. The van der Waals surface area contributed by atoms with Crippen LogP contribution in [0.3, 0.4) is 0 Å². The number of fused-ring (bicyclic) bond motifs is 1. The normalized spacial score (nSPS) is 9.38. The number of aromatic nitrogens is 3. The van der Waals surface area contributed by atoms with Crippen LogP contribution < -0.4 is 24.8 Å². The number of hydrogen-bond donors (Lipinski definition) is 0.